The van der Waals surface area contributed by atoms with Gasteiger partial charge in [-0.1, -0.05) is 30.3 Å². The highest BCUT2D eigenvalue weighted by atomic mass is 79.9. The van der Waals surface area contributed by atoms with E-state index in [4.69, 9.17) is 4.42 Å². The predicted octanol–water partition coefficient (Wildman–Crippen LogP) is 4.95. The van der Waals surface area contributed by atoms with Crippen LogP contribution >= 0.6 is 15.9 Å². The summed E-state index contributed by atoms with van der Waals surface area (Å²) in [4.78, 5) is 4.43. The number of benzene rings is 1. The van der Waals surface area contributed by atoms with Crippen LogP contribution < -0.4 is 5.32 Å². The molecule has 4 heteroatoms. The maximum atomic E-state index is 5.59. The number of aryl methyl sites for hydroxylation is 1. The molecule has 3 rings (SSSR count). The number of rotatable bonds is 4. The number of nitrogens with one attached hydrogen (secondary N) is 1. The van der Waals surface area contributed by atoms with E-state index >= 15 is 0 Å². The molecule has 0 saturated heterocycles. The minimum Gasteiger partial charge on any atom is -0.467 e. The molecule has 1 atom stereocenters. The fraction of sp³-hybridized carbons (Fsp3) is 0.118. The van der Waals surface area contributed by atoms with E-state index in [1.807, 2.05) is 49.4 Å². The normalized spacial score (nSPS) is 12.1. The second-order valence-corrected chi connectivity index (χ2v) is 5.58. The van der Waals surface area contributed by atoms with E-state index in [0.717, 1.165) is 27.3 Å². The highest BCUT2D eigenvalue weighted by Crippen LogP contribution is 2.28. The van der Waals surface area contributed by atoms with Gasteiger partial charge in [0.25, 0.3) is 0 Å². The summed E-state index contributed by atoms with van der Waals surface area (Å²) in [7, 11) is 0. The maximum absolute atomic E-state index is 5.59. The molecule has 0 fully saturated rings. The van der Waals surface area contributed by atoms with Gasteiger partial charge in [0.15, 0.2) is 0 Å². The number of anilines is 1. The molecule has 0 radical (unpaired) electrons. The van der Waals surface area contributed by atoms with E-state index in [2.05, 4.69) is 38.4 Å². The molecule has 2 heterocycles. The minimum absolute atomic E-state index is 0.0390. The first kappa shape index (κ1) is 13.9. The number of pyridine rings is 1. The Balaban J connectivity index is 1.97. The summed E-state index contributed by atoms with van der Waals surface area (Å²) >= 11 is 3.39. The zero-order valence-corrected chi connectivity index (χ0v) is 13.2. The summed E-state index contributed by atoms with van der Waals surface area (Å²) in [6.45, 7) is 1.98. The molecule has 0 aliphatic carbocycles. The Bertz CT molecular complexity index is 711. The third-order valence-electron chi connectivity index (χ3n) is 3.31. The molecule has 3 aromatic rings. The molecule has 0 aliphatic rings. The van der Waals surface area contributed by atoms with Crippen LogP contribution in [0, 0.1) is 6.92 Å². The first-order valence-corrected chi connectivity index (χ1v) is 7.51. The number of nitrogens with zero attached hydrogens (tertiary/aromatic N) is 1. The van der Waals surface area contributed by atoms with Gasteiger partial charge in [0.05, 0.1) is 17.6 Å². The second kappa shape index (κ2) is 6.14. The van der Waals surface area contributed by atoms with Gasteiger partial charge in [0.2, 0.25) is 0 Å². The van der Waals surface area contributed by atoms with Crippen LogP contribution in [0.4, 0.5) is 5.69 Å². The Morgan fingerprint density at radius 1 is 1.05 bits per heavy atom. The highest BCUT2D eigenvalue weighted by molar-refractivity contribution is 9.10. The average Bonchev–Trinajstić information content (AvgIpc) is 3.01. The van der Waals surface area contributed by atoms with Crippen molar-refractivity contribution in [2.24, 2.45) is 0 Å². The Kier molecular flexibility index (Phi) is 4.06. The molecular weight excluding hydrogens is 328 g/mol. The van der Waals surface area contributed by atoms with Crippen molar-refractivity contribution in [3.63, 3.8) is 0 Å². The number of hydrogen-bond acceptors (Lipinski definition) is 3. The van der Waals surface area contributed by atoms with Crippen molar-refractivity contribution >= 4 is 21.6 Å². The first-order valence-electron chi connectivity index (χ1n) is 6.72. The quantitative estimate of drug-likeness (QED) is 0.682. The SMILES string of the molecule is Cc1nc(Br)ccc1NC(c1ccccc1)c1ccco1. The standard InChI is InChI=1S/C17H15BrN2O/c1-12-14(9-10-16(18)19-12)20-17(15-8-5-11-21-15)13-6-3-2-4-7-13/h2-11,17,20H,1H3. The summed E-state index contributed by atoms with van der Waals surface area (Å²) in [6.07, 6.45) is 1.69. The van der Waals surface area contributed by atoms with Crippen molar-refractivity contribution in [3.8, 4) is 0 Å². The van der Waals surface area contributed by atoms with Crippen molar-refractivity contribution in [2.45, 2.75) is 13.0 Å². The summed E-state index contributed by atoms with van der Waals surface area (Å²) < 4.78 is 6.43. The number of aromatic nitrogens is 1. The number of hydrogen-bond donors (Lipinski definition) is 1. The molecule has 21 heavy (non-hydrogen) atoms. The van der Waals surface area contributed by atoms with E-state index in [9.17, 15) is 0 Å². The van der Waals surface area contributed by atoms with Gasteiger partial charge < -0.3 is 9.73 Å². The monoisotopic (exact) mass is 342 g/mol. The average molecular weight is 343 g/mol. The van der Waals surface area contributed by atoms with E-state index in [1.54, 1.807) is 6.26 Å². The lowest BCUT2D eigenvalue weighted by Gasteiger charge is -2.19. The van der Waals surface area contributed by atoms with Crippen LogP contribution in [0.25, 0.3) is 0 Å². The van der Waals surface area contributed by atoms with Gasteiger partial charge in [-0.25, -0.2) is 4.98 Å². The first-order chi connectivity index (χ1) is 10.2. The van der Waals surface area contributed by atoms with Crippen LogP contribution in [0.2, 0.25) is 0 Å². The molecule has 1 N–H and O–H groups in total. The molecule has 0 aliphatic heterocycles. The smallest absolute Gasteiger partial charge is 0.130 e. The Hall–Kier alpha value is -2.07. The molecule has 0 spiro atoms. The lowest BCUT2D eigenvalue weighted by molar-refractivity contribution is 0.499. The van der Waals surface area contributed by atoms with Crippen molar-refractivity contribution < 1.29 is 4.42 Å². The molecule has 0 saturated carbocycles. The second-order valence-electron chi connectivity index (χ2n) is 4.77. The molecule has 106 valence electrons. The van der Waals surface area contributed by atoms with Crippen LogP contribution in [0.3, 0.4) is 0 Å². The Morgan fingerprint density at radius 2 is 1.86 bits per heavy atom. The van der Waals surface area contributed by atoms with Gasteiger partial charge in [-0.05, 0) is 52.7 Å². The zero-order valence-electron chi connectivity index (χ0n) is 11.6. The van der Waals surface area contributed by atoms with Gasteiger partial charge in [-0.3, -0.25) is 0 Å². The predicted molar refractivity (Wildman–Crippen MR) is 87.3 cm³/mol. The van der Waals surface area contributed by atoms with E-state index in [1.165, 1.54) is 0 Å². The molecule has 0 amide bonds. The van der Waals surface area contributed by atoms with Gasteiger partial charge in [0, 0.05) is 0 Å². The molecule has 3 nitrogen and oxygen atoms in total. The lowest BCUT2D eigenvalue weighted by Crippen LogP contribution is -2.12. The molecular formula is C17H15BrN2O. The molecule has 1 aromatic carbocycles. The van der Waals surface area contributed by atoms with Crippen LogP contribution in [0.5, 0.6) is 0 Å². The summed E-state index contributed by atoms with van der Waals surface area (Å²) in [6, 6.07) is 18.0. The van der Waals surface area contributed by atoms with E-state index < -0.39 is 0 Å². The van der Waals surface area contributed by atoms with Gasteiger partial charge >= 0.3 is 0 Å². The summed E-state index contributed by atoms with van der Waals surface area (Å²) in [5.41, 5.74) is 3.08. The van der Waals surface area contributed by atoms with Crippen LogP contribution in [0.1, 0.15) is 23.1 Å². The van der Waals surface area contributed by atoms with Gasteiger partial charge in [-0.15, -0.1) is 0 Å². The fourth-order valence-electron chi connectivity index (χ4n) is 2.26. The van der Waals surface area contributed by atoms with Crippen molar-refractivity contribution in [3.05, 3.63) is 82.5 Å². The number of furan rings is 1. The molecule has 1 unspecified atom stereocenters. The van der Waals surface area contributed by atoms with Gasteiger partial charge in [0.1, 0.15) is 16.4 Å². The van der Waals surface area contributed by atoms with Crippen molar-refractivity contribution in [1.29, 1.82) is 0 Å². The minimum atomic E-state index is -0.0390. The molecule has 0 bridgehead atoms. The van der Waals surface area contributed by atoms with Crippen molar-refractivity contribution in [1.82, 2.24) is 4.98 Å². The van der Waals surface area contributed by atoms with Crippen LogP contribution in [0.15, 0.2) is 69.9 Å². The highest BCUT2D eigenvalue weighted by Gasteiger charge is 2.17. The third kappa shape index (κ3) is 3.16. The van der Waals surface area contributed by atoms with E-state index in [-0.39, 0.29) is 6.04 Å². The maximum Gasteiger partial charge on any atom is 0.130 e. The van der Waals surface area contributed by atoms with Gasteiger partial charge in [-0.2, -0.15) is 0 Å². The number of halogens is 1. The largest absolute Gasteiger partial charge is 0.467 e. The van der Waals surface area contributed by atoms with Crippen LogP contribution in [-0.2, 0) is 0 Å². The Labute approximate surface area is 132 Å². The van der Waals surface area contributed by atoms with Crippen LogP contribution in [-0.4, -0.2) is 4.98 Å². The van der Waals surface area contributed by atoms with Crippen molar-refractivity contribution in [2.75, 3.05) is 5.32 Å². The Morgan fingerprint density at radius 3 is 2.52 bits per heavy atom. The van der Waals surface area contributed by atoms with E-state index in [0.29, 0.717) is 0 Å². The third-order valence-corrected chi connectivity index (χ3v) is 3.75. The summed E-state index contributed by atoms with van der Waals surface area (Å²) in [5, 5.41) is 3.52. The lowest BCUT2D eigenvalue weighted by atomic mass is 10.0. The summed E-state index contributed by atoms with van der Waals surface area (Å²) in [5.74, 6) is 0.878. The topological polar surface area (TPSA) is 38.1 Å². The molecule has 2 aromatic heterocycles. The zero-order chi connectivity index (χ0) is 14.7. The fourth-order valence-corrected chi connectivity index (χ4v) is 2.66.